The van der Waals surface area contributed by atoms with Crippen LogP contribution in [0.5, 0.6) is 5.75 Å². The molecule has 1 N–H and O–H groups in total. The van der Waals surface area contributed by atoms with Crippen molar-refractivity contribution in [1.29, 1.82) is 0 Å². The molecule has 1 saturated carbocycles. The third-order valence-electron chi connectivity index (χ3n) is 6.22. The summed E-state index contributed by atoms with van der Waals surface area (Å²) in [6, 6.07) is 12.4. The largest absolute Gasteiger partial charge is 0.489 e. The average molecular weight is 439 g/mol. The number of nitrogens with one attached hydrogen (secondary N) is 1. The van der Waals surface area contributed by atoms with Gasteiger partial charge in [-0.15, -0.1) is 0 Å². The van der Waals surface area contributed by atoms with Crippen LogP contribution in [0.1, 0.15) is 37.7 Å². The molecular formula is C24H26FN3O4. The zero-order valence-corrected chi connectivity index (χ0v) is 18.0. The zero-order valence-electron chi connectivity index (χ0n) is 18.0. The van der Waals surface area contributed by atoms with E-state index < -0.39 is 17.5 Å². The molecule has 1 spiro atoms. The summed E-state index contributed by atoms with van der Waals surface area (Å²) >= 11 is 0. The van der Waals surface area contributed by atoms with Gasteiger partial charge in [0.25, 0.3) is 5.91 Å². The maximum absolute atomic E-state index is 13.0. The molecule has 0 unspecified atom stereocenters. The number of halogens is 1. The van der Waals surface area contributed by atoms with Crippen LogP contribution in [0.25, 0.3) is 0 Å². The number of carbonyl (C=O) groups excluding carboxylic acids is 3. The molecule has 0 aromatic heterocycles. The normalized spacial score (nSPS) is 17.7. The van der Waals surface area contributed by atoms with Gasteiger partial charge in [-0.05, 0) is 42.7 Å². The number of benzene rings is 2. The Morgan fingerprint density at radius 1 is 1.09 bits per heavy atom. The monoisotopic (exact) mass is 439 g/mol. The first-order valence-corrected chi connectivity index (χ1v) is 10.8. The minimum atomic E-state index is -0.802. The molecule has 1 aliphatic carbocycles. The summed E-state index contributed by atoms with van der Waals surface area (Å²) in [5, 5.41) is 2.73. The molecule has 4 rings (SSSR count). The van der Waals surface area contributed by atoms with Crippen molar-refractivity contribution in [2.75, 3.05) is 18.9 Å². The van der Waals surface area contributed by atoms with Crippen molar-refractivity contribution in [3.63, 3.8) is 0 Å². The number of carbonyl (C=O) groups is 3. The molecule has 8 heteroatoms. The summed E-state index contributed by atoms with van der Waals surface area (Å²) in [6.07, 6.45) is 4.12. The SMILES string of the molecule is CN1C(=O)N(CC(=O)Nc2cccc(OCc3ccc(F)cc3)c2)C(=O)C12CCCCC2. The standard InChI is InChI=1S/C24H26FN3O4/c1-27-23(31)28(22(30)24(27)12-3-2-4-13-24)15-21(29)26-19-6-5-7-20(14-19)32-16-17-8-10-18(25)11-9-17/h5-11,14H,2-4,12-13,15-16H2,1H3,(H,26,29). The maximum Gasteiger partial charge on any atom is 0.327 e. The zero-order chi connectivity index (χ0) is 22.7. The molecule has 32 heavy (non-hydrogen) atoms. The van der Waals surface area contributed by atoms with Crippen LogP contribution in [0.4, 0.5) is 14.9 Å². The van der Waals surface area contributed by atoms with E-state index in [4.69, 9.17) is 4.74 Å². The van der Waals surface area contributed by atoms with Crippen molar-refractivity contribution in [3.05, 3.63) is 59.9 Å². The summed E-state index contributed by atoms with van der Waals surface area (Å²) in [5.41, 5.74) is 0.503. The Morgan fingerprint density at radius 2 is 1.81 bits per heavy atom. The molecule has 7 nitrogen and oxygen atoms in total. The number of likely N-dealkylation sites (N-methyl/N-ethyl adjacent to an activating group) is 1. The Balaban J connectivity index is 1.37. The highest BCUT2D eigenvalue weighted by atomic mass is 19.1. The van der Waals surface area contributed by atoms with Crippen LogP contribution in [0.15, 0.2) is 48.5 Å². The lowest BCUT2D eigenvalue weighted by Gasteiger charge is -2.35. The fourth-order valence-corrected chi connectivity index (χ4v) is 4.43. The second-order valence-corrected chi connectivity index (χ2v) is 8.32. The predicted molar refractivity (Wildman–Crippen MR) is 116 cm³/mol. The highest BCUT2D eigenvalue weighted by Crippen LogP contribution is 2.39. The number of amides is 4. The number of ether oxygens (including phenoxy) is 1. The Hall–Kier alpha value is -3.42. The van der Waals surface area contributed by atoms with Gasteiger partial charge in [-0.2, -0.15) is 0 Å². The molecule has 1 saturated heterocycles. The first kappa shape index (κ1) is 21.8. The van der Waals surface area contributed by atoms with Crippen LogP contribution in [-0.4, -0.2) is 46.8 Å². The van der Waals surface area contributed by atoms with Gasteiger partial charge in [0.05, 0.1) is 0 Å². The molecule has 2 fully saturated rings. The van der Waals surface area contributed by atoms with Crippen LogP contribution in [0, 0.1) is 5.82 Å². The van der Waals surface area contributed by atoms with E-state index in [-0.39, 0.29) is 24.9 Å². The molecule has 1 heterocycles. The van der Waals surface area contributed by atoms with E-state index in [2.05, 4.69) is 5.32 Å². The summed E-state index contributed by atoms with van der Waals surface area (Å²) in [5.74, 6) is -0.518. The third-order valence-corrected chi connectivity index (χ3v) is 6.22. The Bertz CT molecular complexity index is 1020. The summed E-state index contributed by atoms with van der Waals surface area (Å²) in [4.78, 5) is 40.9. The predicted octanol–water partition coefficient (Wildman–Crippen LogP) is 3.94. The van der Waals surface area contributed by atoms with Crippen LogP contribution in [-0.2, 0) is 16.2 Å². The Morgan fingerprint density at radius 3 is 2.53 bits per heavy atom. The molecule has 0 radical (unpaired) electrons. The Labute approximate surface area is 186 Å². The fourth-order valence-electron chi connectivity index (χ4n) is 4.43. The van der Waals surface area contributed by atoms with Crippen molar-refractivity contribution in [1.82, 2.24) is 9.80 Å². The van der Waals surface area contributed by atoms with Crippen molar-refractivity contribution < 1.29 is 23.5 Å². The molecule has 4 amide bonds. The summed E-state index contributed by atoms with van der Waals surface area (Å²) in [6.45, 7) is -0.0761. The highest BCUT2D eigenvalue weighted by Gasteiger charge is 2.55. The number of anilines is 1. The van der Waals surface area contributed by atoms with E-state index in [1.165, 1.54) is 17.0 Å². The lowest BCUT2D eigenvalue weighted by atomic mass is 9.81. The Kier molecular flexibility index (Phi) is 6.12. The number of imide groups is 1. The quantitative estimate of drug-likeness (QED) is 0.692. The molecular weight excluding hydrogens is 413 g/mol. The minimum absolute atomic E-state index is 0.253. The molecule has 0 atom stereocenters. The second kappa shape index (κ2) is 8.98. The fraction of sp³-hybridized carbons (Fsp3) is 0.375. The van der Waals surface area contributed by atoms with Crippen molar-refractivity contribution in [3.8, 4) is 5.75 Å². The van der Waals surface area contributed by atoms with Gasteiger partial charge in [-0.25, -0.2) is 9.18 Å². The van der Waals surface area contributed by atoms with Crippen LogP contribution in [0.3, 0.4) is 0 Å². The number of nitrogens with zero attached hydrogens (tertiary/aromatic N) is 2. The first-order chi connectivity index (χ1) is 15.4. The van der Waals surface area contributed by atoms with Crippen molar-refractivity contribution in [2.45, 2.75) is 44.2 Å². The van der Waals surface area contributed by atoms with Gasteiger partial charge < -0.3 is 15.0 Å². The van der Waals surface area contributed by atoms with Gasteiger partial charge in [0, 0.05) is 18.8 Å². The van der Waals surface area contributed by atoms with Crippen molar-refractivity contribution in [2.24, 2.45) is 0 Å². The lowest BCUT2D eigenvalue weighted by molar-refractivity contribution is -0.136. The van der Waals surface area contributed by atoms with E-state index in [1.54, 1.807) is 43.4 Å². The highest BCUT2D eigenvalue weighted by molar-refractivity contribution is 6.10. The van der Waals surface area contributed by atoms with Gasteiger partial charge in [0.15, 0.2) is 0 Å². The van der Waals surface area contributed by atoms with Crippen molar-refractivity contribution >= 4 is 23.5 Å². The van der Waals surface area contributed by atoms with Crippen LogP contribution >= 0.6 is 0 Å². The van der Waals surface area contributed by atoms with Crippen LogP contribution in [0.2, 0.25) is 0 Å². The van der Waals surface area contributed by atoms with Gasteiger partial charge >= 0.3 is 6.03 Å². The lowest BCUT2D eigenvalue weighted by Crippen LogP contribution is -2.49. The van der Waals surface area contributed by atoms with Gasteiger partial charge in [0.2, 0.25) is 5.91 Å². The molecule has 2 aromatic carbocycles. The smallest absolute Gasteiger partial charge is 0.327 e. The average Bonchev–Trinajstić information content (AvgIpc) is 2.96. The number of rotatable bonds is 6. The molecule has 0 bridgehead atoms. The van der Waals surface area contributed by atoms with Gasteiger partial charge in [-0.1, -0.05) is 37.5 Å². The topological polar surface area (TPSA) is 79.0 Å². The van der Waals surface area contributed by atoms with E-state index in [0.29, 0.717) is 24.3 Å². The van der Waals surface area contributed by atoms with Crippen LogP contribution < -0.4 is 10.1 Å². The molecule has 2 aromatic rings. The minimum Gasteiger partial charge on any atom is -0.489 e. The van der Waals surface area contributed by atoms with E-state index in [0.717, 1.165) is 29.7 Å². The third kappa shape index (κ3) is 4.30. The second-order valence-electron chi connectivity index (χ2n) is 8.32. The van der Waals surface area contributed by atoms with E-state index in [1.807, 2.05) is 0 Å². The van der Waals surface area contributed by atoms with Gasteiger partial charge in [-0.3, -0.25) is 14.5 Å². The maximum atomic E-state index is 13.0. The molecule has 1 aliphatic heterocycles. The number of hydrogen-bond acceptors (Lipinski definition) is 4. The molecule has 168 valence electrons. The molecule has 2 aliphatic rings. The van der Waals surface area contributed by atoms with E-state index >= 15 is 0 Å². The van der Waals surface area contributed by atoms with Gasteiger partial charge in [0.1, 0.15) is 30.3 Å². The van der Waals surface area contributed by atoms with E-state index in [9.17, 15) is 18.8 Å². The first-order valence-electron chi connectivity index (χ1n) is 10.8. The summed E-state index contributed by atoms with van der Waals surface area (Å²) in [7, 11) is 1.64. The number of hydrogen-bond donors (Lipinski definition) is 1. The number of urea groups is 1. The summed E-state index contributed by atoms with van der Waals surface area (Å²) < 4.78 is 18.7.